The van der Waals surface area contributed by atoms with E-state index in [1.807, 2.05) is 11.0 Å². The number of piperazine rings is 1. The Morgan fingerprint density at radius 2 is 1.76 bits per heavy atom. The molecule has 1 aliphatic carbocycles. The Morgan fingerprint density at radius 1 is 1.06 bits per heavy atom. The molecule has 1 unspecified atom stereocenters. The number of aromatic nitrogens is 2. The molecule has 3 fully saturated rings. The average Bonchev–Trinajstić information content (AvgIpc) is 2.82. The van der Waals surface area contributed by atoms with E-state index in [1.165, 1.54) is 12.1 Å². The maximum Gasteiger partial charge on any atom is 0.252 e. The van der Waals surface area contributed by atoms with Crippen LogP contribution in [0.4, 0.5) is 14.5 Å². The molecule has 3 aliphatic rings. The molecule has 180 valence electrons. The molecule has 5 rings (SSSR count). The molecule has 2 amide bonds. The van der Waals surface area contributed by atoms with Gasteiger partial charge >= 0.3 is 0 Å². The Bertz CT molecular complexity index is 1040. The highest BCUT2D eigenvalue weighted by atomic mass is 19.1. The molecule has 2 aliphatic heterocycles. The molecule has 2 saturated heterocycles. The first-order chi connectivity index (χ1) is 16.4. The fourth-order valence-electron chi connectivity index (χ4n) is 5.65. The van der Waals surface area contributed by atoms with Crippen molar-refractivity contribution in [3.05, 3.63) is 54.1 Å². The van der Waals surface area contributed by atoms with Crippen molar-refractivity contribution in [2.75, 3.05) is 24.5 Å². The second-order valence-electron chi connectivity index (χ2n) is 9.77. The molecule has 1 atom stereocenters. The van der Waals surface area contributed by atoms with Crippen LogP contribution in [0.15, 0.2) is 42.7 Å². The molecular weight excluding hydrogens is 440 g/mol. The summed E-state index contributed by atoms with van der Waals surface area (Å²) in [5.74, 6) is -0.486. The summed E-state index contributed by atoms with van der Waals surface area (Å²) in [6.07, 6.45) is 5.26. The maximum atomic E-state index is 14.0. The summed E-state index contributed by atoms with van der Waals surface area (Å²) in [5, 5.41) is 7.74. The van der Waals surface area contributed by atoms with E-state index in [0.717, 1.165) is 24.1 Å². The Labute approximate surface area is 197 Å². The highest BCUT2D eigenvalue weighted by molar-refractivity contribution is 6.00. The van der Waals surface area contributed by atoms with Crippen LogP contribution in [0.5, 0.6) is 0 Å². The number of benzene rings is 1. The van der Waals surface area contributed by atoms with Gasteiger partial charge in [0.2, 0.25) is 5.91 Å². The summed E-state index contributed by atoms with van der Waals surface area (Å²) >= 11 is 0. The third kappa shape index (κ3) is 4.01. The number of halogens is 2. The van der Waals surface area contributed by atoms with E-state index in [9.17, 15) is 18.4 Å². The van der Waals surface area contributed by atoms with Crippen LogP contribution < -0.4 is 4.90 Å². The zero-order valence-electron chi connectivity index (χ0n) is 19.2. The van der Waals surface area contributed by atoms with Crippen LogP contribution in [-0.4, -0.2) is 69.2 Å². The van der Waals surface area contributed by atoms with Crippen LogP contribution in [0.1, 0.15) is 38.2 Å². The van der Waals surface area contributed by atoms with E-state index >= 15 is 0 Å². The molecule has 2 aromatic rings. The lowest BCUT2D eigenvalue weighted by molar-refractivity contribution is -0.171. The van der Waals surface area contributed by atoms with Crippen molar-refractivity contribution in [3.8, 4) is 0 Å². The second-order valence-corrected chi connectivity index (χ2v) is 9.77. The van der Waals surface area contributed by atoms with Crippen LogP contribution in [0, 0.1) is 11.7 Å². The van der Waals surface area contributed by atoms with E-state index in [4.69, 9.17) is 0 Å². The number of hydrogen-bond donors (Lipinski definition) is 0. The van der Waals surface area contributed by atoms with Crippen molar-refractivity contribution >= 4 is 17.5 Å². The molecule has 1 aromatic carbocycles. The van der Waals surface area contributed by atoms with Crippen molar-refractivity contribution in [1.29, 1.82) is 0 Å². The van der Waals surface area contributed by atoms with Crippen molar-refractivity contribution in [2.45, 2.75) is 56.9 Å². The zero-order valence-corrected chi connectivity index (χ0v) is 19.2. The molecule has 3 heterocycles. The number of anilines is 1. The summed E-state index contributed by atoms with van der Waals surface area (Å²) < 4.78 is 27.2. The van der Waals surface area contributed by atoms with E-state index in [2.05, 4.69) is 10.2 Å². The Balaban J connectivity index is 1.40. The van der Waals surface area contributed by atoms with Gasteiger partial charge in [-0.1, -0.05) is 12.1 Å². The molecule has 1 aromatic heterocycles. The highest BCUT2D eigenvalue weighted by Gasteiger charge is 2.60. The Morgan fingerprint density at radius 3 is 2.38 bits per heavy atom. The number of hydrogen-bond acceptors (Lipinski definition) is 5. The molecule has 1 saturated carbocycles. The minimum Gasteiger partial charge on any atom is -0.364 e. The van der Waals surface area contributed by atoms with Crippen LogP contribution in [-0.2, 0) is 16.1 Å². The van der Waals surface area contributed by atoms with Crippen molar-refractivity contribution in [1.82, 2.24) is 20.0 Å². The molecular formula is C25H29F2N5O2. The van der Waals surface area contributed by atoms with Gasteiger partial charge in [0.25, 0.3) is 5.91 Å². The van der Waals surface area contributed by atoms with Gasteiger partial charge in [-0.3, -0.25) is 9.59 Å². The van der Waals surface area contributed by atoms with Gasteiger partial charge in [-0.05, 0) is 62.3 Å². The summed E-state index contributed by atoms with van der Waals surface area (Å²) in [6, 6.07) is 7.81. The van der Waals surface area contributed by atoms with Gasteiger partial charge in [-0.15, -0.1) is 0 Å². The van der Waals surface area contributed by atoms with Crippen molar-refractivity contribution < 1.29 is 18.4 Å². The topological polar surface area (TPSA) is 69.6 Å². The molecule has 7 nitrogen and oxygen atoms in total. The number of amides is 2. The summed E-state index contributed by atoms with van der Waals surface area (Å²) in [6.45, 7) is 2.59. The van der Waals surface area contributed by atoms with Crippen LogP contribution in [0.25, 0.3) is 0 Å². The lowest BCUT2D eigenvalue weighted by atomic mass is 9.79. The van der Waals surface area contributed by atoms with Crippen molar-refractivity contribution in [3.63, 3.8) is 0 Å². The molecule has 9 heteroatoms. The SMILES string of the molecule is CC(F)C1CCC(N2CC(=O)N(Cc3ccc(F)cc3)C3(CN(c4ccnnc4)C3)C2=O)CC1. The fourth-order valence-corrected chi connectivity index (χ4v) is 5.65. The van der Waals surface area contributed by atoms with Gasteiger partial charge in [0.15, 0.2) is 5.54 Å². The third-order valence-corrected chi connectivity index (χ3v) is 7.71. The summed E-state index contributed by atoms with van der Waals surface area (Å²) in [5.41, 5.74) is 0.631. The molecule has 34 heavy (non-hydrogen) atoms. The molecule has 1 spiro atoms. The quantitative estimate of drug-likeness (QED) is 0.674. The smallest absolute Gasteiger partial charge is 0.252 e. The minimum atomic E-state index is -0.989. The zero-order chi connectivity index (χ0) is 23.9. The number of carbonyl (C=O) groups excluding carboxylic acids is 2. The van der Waals surface area contributed by atoms with E-state index in [0.29, 0.717) is 25.9 Å². The minimum absolute atomic E-state index is 0.0224. The number of nitrogens with zero attached hydrogens (tertiary/aromatic N) is 5. The summed E-state index contributed by atoms with van der Waals surface area (Å²) in [4.78, 5) is 32.8. The van der Waals surface area contributed by atoms with Gasteiger partial charge < -0.3 is 14.7 Å². The van der Waals surface area contributed by atoms with E-state index in [-0.39, 0.29) is 42.7 Å². The van der Waals surface area contributed by atoms with Gasteiger partial charge in [0.1, 0.15) is 18.5 Å². The normalized spacial score (nSPS) is 25.4. The summed E-state index contributed by atoms with van der Waals surface area (Å²) in [7, 11) is 0. The number of alkyl halides is 1. The first-order valence-corrected chi connectivity index (χ1v) is 11.9. The lowest BCUT2D eigenvalue weighted by Crippen LogP contribution is -2.81. The van der Waals surface area contributed by atoms with Gasteiger partial charge in [-0.25, -0.2) is 8.78 Å². The largest absolute Gasteiger partial charge is 0.364 e. The van der Waals surface area contributed by atoms with Crippen molar-refractivity contribution in [2.24, 2.45) is 5.92 Å². The maximum absolute atomic E-state index is 14.0. The van der Waals surface area contributed by atoms with E-state index < -0.39 is 11.7 Å². The van der Waals surface area contributed by atoms with Gasteiger partial charge in [-0.2, -0.15) is 10.2 Å². The number of rotatable bonds is 5. The average molecular weight is 470 g/mol. The Kier molecular flexibility index (Phi) is 5.95. The predicted molar refractivity (Wildman–Crippen MR) is 122 cm³/mol. The predicted octanol–water partition coefficient (Wildman–Crippen LogP) is 2.96. The monoisotopic (exact) mass is 469 g/mol. The van der Waals surface area contributed by atoms with Crippen LogP contribution in [0.2, 0.25) is 0 Å². The standard InChI is InChI=1S/C25H29F2N5O2/c1-17(26)19-4-8-21(9-5-19)31-14-23(33)32(13-18-2-6-20(27)7-3-18)25(24(31)34)15-30(16-25)22-10-11-28-29-12-22/h2-3,6-7,10-12,17,19,21H,4-5,8-9,13-16H2,1H3. The van der Waals surface area contributed by atoms with E-state index in [1.54, 1.807) is 41.2 Å². The fraction of sp³-hybridized carbons (Fsp3) is 0.520. The van der Waals surface area contributed by atoms with Crippen LogP contribution in [0.3, 0.4) is 0 Å². The Hall–Kier alpha value is -3.10. The first-order valence-electron chi connectivity index (χ1n) is 11.9. The highest BCUT2D eigenvalue weighted by Crippen LogP contribution is 2.40. The molecule has 0 N–H and O–H groups in total. The number of carbonyl (C=O) groups is 2. The van der Waals surface area contributed by atoms with Gasteiger partial charge in [0.05, 0.1) is 31.2 Å². The van der Waals surface area contributed by atoms with Gasteiger partial charge in [0, 0.05) is 12.6 Å². The molecule has 0 bridgehead atoms. The first kappa shape index (κ1) is 22.7. The van der Waals surface area contributed by atoms with Crippen LogP contribution >= 0.6 is 0 Å². The molecule has 0 radical (unpaired) electrons. The lowest BCUT2D eigenvalue weighted by Gasteiger charge is -2.59. The third-order valence-electron chi connectivity index (χ3n) is 7.71. The second kappa shape index (κ2) is 8.92.